The lowest BCUT2D eigenvalue weighted by Gasteiger charge is -2.26. The number of pyridine rings is 1. The van der Waals surface area contributed by atoms with Crippen molar-refractivity contribution in [2.24, 2.45) is 0 Å². The van der Waals surface area contributed by atoms with Crippen molar-refractivity contribution in [3.05, 3.63) is 23.9 Å². The number of rotatable bonds is 2. The Hall–Kier alpha value is -1.30. The second-order valence-corrected chi connectivity index (χ2v) is 3.16. The lowest BCUT2D eigenvalue weighted by atomic mass is 9.97. The molecule has 0 aromatic carbocycles. The first kappa shape index (κ1) is 11.8. The molecule has 0 saturated heterocycles. The maximum absolute atomic E-state index is 12.4. The van der Waals surface area contributed by atoms with E-state index in [-0.39, 0.29) is 11.4 Å². The molecule has 0 aliphatic carbocycles. The van der Waals surface area contributed by atoms with Crippen molar-refractivity contribution in [2.75, 3.05) is 7.11 Å². The van der Waals surface area contributed by atoms with Crippen LogP contribution in [0.5, 0.6) is 5.88 Å². The lowest BCUT2D eigenvalue weighted by Crippen LogP contribution is -2.39. The molecule has 0 amide bonds. The minimum Gasteiger partial charge on any atom is -0.481 e. The molecule has 0 bridgehead atoms. The highest BCUT2D eigenvalue weighted by Gasteiger charge is 2.51. The number of halogens is 3. The molecular weight excluding hydrogens is 211 g/mol. The van der Waals surface area contributed by atoms with Crippen LogP contribution in [0.25, 0.3) is 0 Å². The molecule has 1 unspecified atom stereocenters. The normalized spacial score (nSPS) is 15.9. The van der Waals surface area contributed by atoms with Gasteiger partial charge in [0, 0.05) is 17.8 Å². The molecule has 0 radical (unpaired) electrons. The molecular formula is C9H10F3NO2. The fourth-order valence-electron chi connectivity index (χ4n) is 0.953. The Labute approximate surface area is 84.5 Å². The summed E-state index contributed by atoms with van der Waals surface area (Å²) in [4.78, 5) is 3.59. The van der Waals surface area contributed by atoms with Gasteiger partial charge in [0.2, 0.25) is 5.88 Å². The molecule has 1 aromatic heterocycles. The largest absolute Gasteiger partial charge is 0.481 e. The van der Waals surface area contributed by atoms with Gasteiger partial charge < -0.3 is 9.84 Å². The van der Waals surface area contributed by atoms with Gasteiger partial charge in [0.15, 0.2) is 5.60 Å². The zero-order chi connectivity index (χ0) is 11.7. The molecule has 0 aliphatic heterocycles. The van der Waals surface area contributed by atoms with E-state index < -0.39 is 11.8 Å². The van der Waals surface area contributed by atoms with Crippen LogP contribution in [0.15, 0.2) is 18.3 Å². The molecule has 0 saturated carbocycles. The molecule has 1 aromatic rings. The van der Waals surface area contributed by atoms with E-state index in [1.54, 1.807) is 0 Å². The van der Waals surface area contributed by atoms with E-state index >= 15 is 0 Å². The quantitative estimate of drug-likeness (QED) is 0.828. The molecule has 1 atom stereocenters. The van der Waals surface area contributed by atoms with Gasteiger partial charge in [0.1, 0.15) is 0 Å². The van der Waals surface area contributed by atoms with Gasteiger partial charge in [-0.1, -0.05) is 0 Å². The van der Waals surface area contributed by atoms with Crippen LogP contribution in [0, 0.1) is 0 Å². The third-order valence-electron chi connectivity index (χ3n) is 2.06. The topological polar surface area (TPSA) is 42.4 Å². The van der Waals surface area contributed by atoms with Crippen molar-refractivity contribution in [1.29, 1.82) is 0 Å². The Morgan fingerprint density at radius 2 is 1.93 bits per heavy atom. The average Bonchev–Trinajstić information content (AvgIpc) is 2.16. The smallest absolute Gasteiger partial charge is 0.421 e. The van der Waals surface area contributed by atoms with Crippen LogP contribution in [0.2, 0.25) is 0 Å². The summed E-state index contributed by atoms with van der Waals surface area (Å²) >= 11 is 0. The fourth-order valence-corrected chi connectivity index (χ4v) is 0.953. The Bertz CT molecular complexity index is 332. The summed E-state index contributed by atoms with van der Waals surface area (Å²) < 4.78 is 41.9. The highest BCUT2D eigenvalue weighted by molar-refractivity contribution is 5.24. The van der Waals surface area contributed by atoms with Crippen LogP contribution in [0.3, 0.4) is 0 Å². The second-order valence-electron chi connectivity index (χ2n) is 3.16. The first-order chi connectivity index (χ1) is 6.79. The number of hydrogen-bond donors (Lipinski definition) is 1. The van der Waals surface area contributed by atoms with Crippen LogP contribution >= 0.6 is 0 Å². The molecule has 15 heavy (non-hydrogen) atoms. The molecule has 1 N–H and O–H groups in total. The van der Waals surface area contributed by atoms with Crippen LogP contribution in [-0.4, -0.2) is 23.4 Å². The minimum absolute atomic E-state index is 0.191. The third kappa shape index (κ3) is 2.20. The summed E-state index contributed by atoms with van der Waals surface area (Å²) in [7, 11) is 1.35. The lowest BCUT2D eigenvalue weighted by molar-refractivity contribution is -0.259. The molecule has 84 valence electrons. The van der Waals surface area contributed by atoms with E-state index in [1.807, 2.05) is 0 Å². The van der Waals surface area contributed by atoms with E-state index in [4.69, 9.17) is 4.74 Å². The van der Waals surface area contributed by atoms with Gasteiger partial charge in [-0.15, -0.1) is 0 Å². The van der Waals surface area contributed by atoms with Crippen LogP contribution in [-0.2, 0) is 5.60 Å². The Morgan fingerprint density at radius 3 is 2.27 bits per heavy atom. The number of aromatic nitrogens is 1. The highest BCUT2D eigenvalue weighted by Crippen LogP contribution is 2.38. The van der Waals surface area contributed by atoms with Gasteiger partial charge in [-0.05, 0) is 13.0 Å². The van der Waals surface area contributed by atoms with Crippen molar-refractivity contribution in [3.63, 3.8) is 0 Å². The number of methoxy groups -OCH3 is 1. The average molecular weight is 221 g/mol. The molecule has 3 nitrogen and oxygen atoms in total. The number of nitrogens with zero attached hydrogens (tertiary/aromatic N) is 1. The zero-order valence-corrected chi connectivity index (χ0v) is 8.17. The third-order valence-corrected chi connectivity index (χ3v) is 2.06. The summed E-state index contributed by atoms with van der Waals surface area (Å²) in [5.74, 6) is 0.191. The van der Waals surface area contributed by atoms with Gasteiger partial charge in [-0.2, -0.15) is 13.2 Å². The summed E-state index contributed by atoms with van der Waals surface area (Å²) in [5.41, 5.74) is -3.22. The summed E-state index contributed by atoms with van der Waals surface area (Å²) in [6, 6.07) is 2.38. The van der Waals surface area contributed by atoms with Crippen LogP contribution < -0.4 is 4.74 Å². The van der Waals surface area contributed by atoms with Crippen molar-refractivity contribution in [3.8, 4) is 5.88 Å². The molecule has 6 heteroatoms. The predicted molar refractivity (Wildman–Crippen MR) is 46.4 cm³/mol. The predicted octanol–water partition coefficient (Wildman–Crippen LogP) is 1.86. The molecule has 1 rings (SSSR count). The van der Waals surface area contributed by atoms with Crippen molar-refractivity contribution < 1.29 is 23.0 Å². The van der Waals surface area contributed by atoms with Gasteiger partial charge in [0.25, 0.3) is 0 Å². The van der Waals surface area contributed by atoms with Gasteiger partial charge in [0.05, 0.1) is 7.11 Å². The maximum atomic E-state index is 12.4. The Balaban J connectivity index is 3.06. The molecule has 1 heterocycles. The molecule has 0 spiro atoms. The summed E-state index contributed by atoms with van der Waals surface area (Å²) in [6.45, 7) is 0.677. The van der Waals surface area contributed by atoms with Gasteiger partial charge in [-0.3, -0.25) is 0 Å². The number of ether oxygens (including phenoxy) is 1. The first-order valence-corrected chi connectivity index (χ1v) is 4.08. The van der Waals surface area contributed by atoms with Crippen molar-refractivity contribution in [1.82, 2.24) is 4.98 Å². The summed E-state index contributed by atoms with van der Waals surface area (Å²) in [6.07, 6.45) is -3.80. The minimum atomic E-state index is -4.73. The standard InChI is InChI=1S/C9H10F3NO2/c1-8(14,9(10,11)12)6-3-4-7(15-2)13-5-6/h3-5,14H,1-2H3. The highest BCUT2D eigenvalue weighted by atomic mass is 19.4. The number of hydrogen-bond acceptors (Lipinski definition) is 3. The molecule has 0 aliphatic rings. The van der Waals surface area contributed by atoms with E-state index in [2.05, 4.69) is 4.98 Å². The van der Waals surface area contributed by atoms with Gasteiger partial charge >= 0.3 is 6.18 Å². The van der Waals surface area contributed by atoms with Crippen LogP contribution in [0.4, 0.5) is 13.2 Å². The summed E-state index contributed by atoms with van der Waals surface area (Å²) in [5, 5.41) is 9.28. The second kappa shape index (κ2) is 3.69. The molecule has 0 fully saturated rings. The van der Waals surface area contributed by atoms with E-state index in [1.165, 1.54) is 13.2 Å². The first-order valence-electron chi connectivity index (χ1n) is 4.08. The van der Waals surface area contributed by atoms with E-state index in [0.717, 1.165) is 12.3 Å². The Morgan fingerprint density at radius 1 is 1.33 bits per heavy atom. The monoisotopic (exact) mass is 221 g/mol. The number of alkyl halides is 3. The zero-order valence-electron chi connectivity index (χ0n) is 8.17. The Kier molecular flexibility index (Phi) is 2.90. The maximum Gasteiger partial charge on any atom is 0.421 e. The fraction of sp³-hybridized carbons (Fsp3) is 0.444. The van der Waals surface area contributed by atoms with Crippen molar-refractivity contribution in [2.45, 2.75) is 18.7 Å². The van der Waals surface area contributed by atoms with Gasteiger partial charge in [-0.25, -0.2) is 4.98 Å². The van der Waals surface area contributed by atoms with Crippen LogP contribution in [0.1, 0.15) is 12.5 Å². The van der Waals surface area contributed by atoms with E-state index in [0.29, 0.717) is 6.92 Å². The number of aliphatic hydroxyl groups is 1. The van der Waals surface area contributed by atoms with Crippen molar-refractivity contribution >= 4 is 0 Å². The SMILES string of the molecule is COc1ccc(C(C)(O)C(F)(F)F)cn1. The van der Waals surface area contributed by atoms with E-state index in [9.17, 15) is 18.3 Å².